The SMILES string of the molecule is O=C(c1cccnc1F)N1CCOC(COc2ncnc3ccccc23)C1. The first-order valence-corrected chi connectivity index (χ1v) is 8.56. The first-order chi connectivity index (χ1) is 13.2. The molecule has 3 heterocycles. The van der Waals surface area contributed by atoms with E-state index in [4.69, 9.17) is 9.47 Å². The van der Waals surface area contributed by atoms with Gasteiger partial charge < -0.3 is 14.4 Å². The number of halogens is 1. The number of nitrogens with zero attached hydrogens (tertiary/aromatic N) is 4. The fourth-order valence-corrected chi connectivity index (χ4v) is 2.99. The fourth-order valence-electron chi connectivity index (χ4n) is 2.99. The van der Waals surface area contributed by atoms with E-state index in [1.807, 2.05) is 24.3 Å². The molecule has 0 N–H and O–H groups in total. The number of benzene rings is 1. The summed E-state index contributed by atoms with van der Waals surface area (Å²) in [6, 6.07) is 10.5. The molecule has 1 aromatic carbocycles. The van der Waals surface area contributed by atoms with Gasteiger partial charge in [0.05, 0.1) is 29.6 Å². The molecule has 0 spiro atoms. The van der Waals surface area contributed by atoms with Crippen LogP contribution < -0.4 is 4.74 Å². The van der Waals surface area contributed by atoms with Crippen LogP contribution in [0, 0.1) is 5.95 Å². The van der Waals surface area contributed by atoms with Crippen molar-refractivity contribution in [1.29, 1.82) is 0 Å². The number of morpholine rings is 1. The van der Waals surface area contributed by atoms with Gasteiger partial charge in [0.2, 0.25) is 11.8 Å². The zero-order chi connectivity index (χ0) is 18.6. The van der Waals surface area contributed by atoms with Crippen LogP contribution in [0.1, 0.15) is 10.4 Å². The van der Waals surface area contributed by atoms with Crippen LogP contribution in [0.3, 0.4) is 0 Å². The summed E-state index contributed by atoms with van der Waals surface area (Å²) in [6.07, 6.45) is 2.42. The normalized spacial score (nSPS) is 17.1. The van der Waals surface area contributed by atoms with Gasteiger partial charge in [0, 0.05) is 12.7 Å². The standard InChI is InChI=1S/C19H17FN4O3/c20-17-15(5-3-7-21-17)19(25)24-8-9-26-13(10-24)11-27-18-14-4-1-2-6-16(14)22-12-23-18/h1-7,12-13H,8-11H2. The van der Waals surface area contributed by atoms with Gasteiger partial charge >= 0.3 is 0 Å². The highest BCUT2D eigenvalue weighted by Crippen LogP contribution is 2.21. The summed E-state index contributed by atoms with van der Waals surface area (Å²) >= 11 is 0. The maximum atomic E-state index is 13.8. The van der Waals surface area contributed by atoms with Crippen molar-refractivity contribution in [2.24, 2.45) is 0 Å². The van der Waals surface area contributed by atoms with Gasteiger partial charge in [-0.1, -0.05) is 12.1 Å². The molecule has 8 heteroatoms. The minimum absolute atomic E-state index is 0.0409. The quantitative estimate of drug-likeness (QED) is 0.656. The molecule has 27 heavy (non-hydrogen) atoms. The molecule has 1 unspecified atom stereocenters. The van der Waals surface area contributed by atoms with Crippen molar-refractivity contribution in [3.8, 4) is 5.88 Å². The number of ether oxygens (including phenoxy) is 2. The molecule has 0 radical (unpaired) electrons. The van der Waals surface area contributed by atoms with E-state index < -0.39 is 11.9 Å². The van der Waals surface area contributed by atoms with Gasteiger partial charge in [0.15, 0.2) is 0 Å². The van der Waals surface area contributed by atoms with E-state index in [1.54, 1.807) is 4.90 Å². The number of pyridine rings is 1. The highest BCUT2D eigenvalue weighted by atomic mass is 19.1. The van der Waals surface area contributed by atoms with Crippen LogP contribution in [-0.2, 0) is 4.74 Å². The van der Waals surface area contributed by atoms with Gasteiger partial charge in [-0.05, 0) is 24.3 Å². The maximum absolute atomic E-state index is 13.8. The molecule has 1 fully saturated rings. The van der Waals surface area contributed by atoms with E-state index >= 15 is 0 Å². The van der Waals surface area contributed by atoms with Gasteiger partial charge in [0.1, 0.15) is 19.0 Å². The monoisotopic (exact) mass is 368 g/mol. The topological polar surface area (TPSA) is 77.4 Å². The Morgan fingerprint density at radius 1 is 1.22 bits per heavy atom. The highest BCUT2D eigenvalue weighted by Gasteiger charge is 2.27. The molecule has 3 aromatic rings. The van der Waals surface area contributed by atoms with E-state index in [1.165, 1.54) is 24.7 Å². The average molecular weight is 368 g/mol. The maximum Gasteiger partial charge on any atom is 0.258 e. The Bertz CT molecular complexity index is 963. The molecule has 0 bridgehead atoms. The summed E-state index contributed by atoms with van der Waals surface area (Å²) < 4.78 is 25.3. The lowest BCUT2D eigenvalue weighted by Crippen LogP contribution is -2.47. The van der Waals surface area contributed by atoms with Crippen LogP contribution in [-0.4, -0.2) is 58.2 Å². The predicted octanol–water partition coefficient (Wildman–Crippen LogP) is 2.08. The Balaban J connectivity index is 1.43. The minimum atomic E-state index is -0.769. The van der Waals surface area contributed by atoms with Crippen LogP contribution in [0.5, 0.6) is 5.88 Å². The van der Waals surface area contributed by atoms with E-state index in [0.29, 0.717) is 25.6 Å². The number of carbonyl (C=O) groups excluding carboxylic acids is 1. The Morgan fingerprint density at radius 3 is 3.00 bits per heavy atom. The molecular formula is C19H17FN4O3. The molecule has 4 rings (SSSR count). The average Bonchev–Trinajstić information content (AvgIpc) is 2.72. The van der Waals surface area contributed by atoms with E-state index in [0.717, 1.165) is 10.9 Å². The van der Waals surface area contributed by atoms with Crippen molar-refractivity contribution in [2.45, 2.75) is 6.10 Å². The van der Waals surface area contributed by atoms with Crippen LogP contribution in [0.2, 0.25) is 0 Å². The van der Waals surface area contributed by atoms with Crippen molar-refractivity contribution < 1.29 is 18.7 Å². The lowest BCUT2D eigenvalue weighted by Gasteiger charge is -2.32. The number of hydrogen-bond donors (Lipinski definition) is 0. The number of fused-ring (bicyclic) bond motifs is 1. The third-order valence-electron chi connectivity index (χ3n) is 4.33. The summed E-state index contributed by atoms with van der Waals surface area (Å²) in [5.41, 5.74) is 0.747. The fraction of sp³-hybridized carbons (Fsp3) is 0.263. The molecule has 1 aliphatic heterocycles. The third-order valence-corrected chi connectivity index (χ3v) is 4.33. The molecule has 7 nitrogen and oxygen atoms in total. The number of hydrogen-bond acceptors (Lipinski definition) is 6. The van der Waals surface area contributed by atoms with Gasteiger partial charge in [-0.2, -0.15) is 4.39 Å². The Morgan fingerprint density at radius 2 is 2.11 bits per heavy atom. The first-order valence-electron chi connectivity index (χ1n) is 8.56. The Labute approximate surface area is 154 Å². The predicted molar refractivity (Wildman–Crippen MR) is 94.9 cm³/mol. The van der Waals surface area contributed by atoms with Crippen molar-refractivity contribution in [2.75, 3.05) is 26.3 Å². The van der Waals surface area contributed by atoms with Crippen LogP contribution in [0.25, 0.3) is 10.9 Å². The number of aromatic nitrogens is 3. The van der Waals surface area contributed by atoms with Gasteiger partial charge in [-0.3, -0.25) is 4.79 Å². The molecule has 1 aliphatic rings. The molecular weight excluding hydrogens is 351 g/mol. The van der Waals surface area contributed by atoms with E-state index in [9.17, 15) is 9.18 Å². The second-order valence-electron chi connectivity index (χ2n) is 6.09. The largest absolute Gasteiger partial charge is 0.474 e. The Hall–Kier alpha value is -3.13. The number of amides is 1. The van der Waals surface area contributed by atoms with Crippen molar-refractivity contribution in [3.63, 3.8) is 0 Å². The number of carbonyl (C=O) groups is 1. The van der Waals surface area contributed by atoms with E-state index in [2.05, 4.69) is 15.0 Å². The molecule has 0 saturated carbocycles. The molecule has 1 saturated heterocycles. The summed E-state index contributed by atoms with van der Waals surface area (Å²) in [7, 11) is 0. The molecule has 138 valence electrons. The second-order valence-corrected chi connectivity index (χ2v) is 6.09. The van der Waals surface area contributed by atoms with Crippen LogP contribution in [0.4, 0.5) is 4.39 Å². The summed E-state index contributed by atoms with van der Waals surface area (Å²) in [5, 5.41) is 0.807. The lowest BCUT2D eigenvalue weighted by molar-refractivity contribution is -0.0406. The molecule has 1 atom stereocenters. The molecule has 2 aromatic heterocycles. The number of para-hydroxylation sites is 1. The zero-order valence-corrected chi connectivity index (χ0v) is 14.4. The third kappa shape index (κ3) is 3.70. The highest BCUT2D eigenvalue weighted by molar-refractivity contribution is 5.94. The van der Waals surface area contributed by atoms with Crippen LogP contribution >= 0.6 is 0 Å². The van der Waals surface area contributed by atoms with Crippen molar-refractivity contribution >= 4 is 16.8 Å². The smallest absolute Gasteiger partial charge is 0.258 e. The lowest BCUT2D eigenvalue weighted by atomic mass is 10.2. The zero-order valence-electron chi connectivity index (χ0n) is 14.4. The summed E-state index contributed by atoms with van der Waals surface area (Å²) in [5.74, 6) is -0.707. The Kier molecular flexibility index (Phi) is 4.88. The summed E-state index contributed by atoms with van der Waals surface area (Å²) in [4.78, 5) is 26.0. The minimum Gasteiger partial charge on any atom is -0.474 e. The van der Waals surface area contributed by atoms with Gasteiger partial charge in [-0.25, -0.2) is 15.0 Å². The van der Waals surface area contributed by atoms with Gasteiger partial charge in [-0.15, -0.1) is 0 Å². The van der Waals surface area contributed by atoms with Gasteiger partial charge in [0.25, 0.3) is 5.91 Å². The van der Waals surface area contributed by atoms with Crippen molar-refractivity contribution in [1.82, 2.24) is 19.9 Å². The van der Waals surface area contributed by atoms with Crippen molar-refractivity contribution in [3.05, 3.63) is 60.4 Å². The molecule has 1 amide bonds. The second kappa shape index (κ2) is 7.63. The molecule has 0 aliphatic carbocycles. The van der Waals surface area contributed by atoms with Crippen LogP contribution in [0.15, 0.2) is 48.9 Å². The first kappa shape index (κ1) is 17.3. The summed E-state index contributed by atoms with van der Waals surface area (Å²) in [6.45, 7) is 1.27. The van der Waals surface area contributed by atoms with E-state index in [-0.39, 0.29) is 18.3 Å². The number of rotatable bonds is 4.